The molecule has 0 spiro atoms. The van der Waals surface area contributed by atoms with Crippen LogP contribution in [-0.2, 0) is 37.1 Å². The molecule has 238 valence electrons. The van der Waals surface area contributed by atoms with Crippen molar-refractivity contribution < 1.29 is 4.79 Å². The number of benzene rings is 2. The summed E-state index contributed by atoms with van der Waals surface area (Å²) >= 11 is 6.09. The number of hydrogen-bond acceptors (Lipinski definition) is 2. The van der Waals surface area contributed by atoms with Gasteiger partial charge in [-0.05, 0) is 103 Å². The van der Waals surface area contributed by atoms with Gasteiger partial charge in [0.25, 0.3) is 0 Å². The molecule has 2 aromatic heterocycles. The second-order valence-corrected chi connectivity index (χ2v) is 14.3. The van der Waals surface area contributed by atoms with Crippen molar-refractivity contribution in [1.29, 1.82) is 0 Å². The van der Waals surface area contributed by atoms with E-state index in [1.165, 1.54) is 77.6 Å². The maximum absolute atomic E-state index is 13.9. The second kappa shape index (κ2) is 14.5. The molecule has 1 saturated carbocycles. The number of fused-ring (bicyclic) bond motifs is 3. The number of halogens is 1. The number of amides is 1. The Morgan fingerprint density at radius 3 is 2.31 bits per heavy atom. The Morgan fingerprint density at radius 2 is 1.62 bits per heavy atom. The van der Waals surface area contributed by atoms with Crippen LogP contribution in [0.15, 0.2) is 54.6 Å². The summed E-state index contributed by atoms with van der Waals surface area (Å²) in [5.41, 5.74) is 10.4. The topological polar surface area (TPSA) is 46.9 Å². The van der Waals surface area contributed by atoms with E-state index in [9.17, 15) is 4.79 Å². The number of nitrogens with one attached hydrogen (secondary N) is 1. The molecule has 4 nitrogen and oxygen atoms in total. The molecule has 0 radical (unpaired) electrons. The molecule has 2 aromatic carbocycles. The van der Waals surface area contributed by atoms with Crippen LogP contribution in [-0.4, -0.2) is 15.5 Å². The minimum Gasteiger partial charge on any atom is -0.351 e. The number of pyridine rings is 1. The Morgan fingerprint density at radius 1 is 0.933 bits per heavy atom. The van der Waals surface area contributed by atoms with Crippen molar-refractivity contribution in [2.75, 3.05) is 0 Å². The van der Waals surface area contributed by atoms with Crippen molar-refractivity contribution in [3.63, 3.8) is 0 Å². The molecule has 0 bridgehead atoms. The first-order chi connectivity index (χ1) is 21.9. The molecule has 0 aliphatic heterocycles. The molecule has 4 aromatic rings. The van der Waals surface area contributed by atoms with E-state index in [1.54, 1.807) is 0 Å². The van der Waals surface area contributed by atoms with Crippen LogP contribution >= 0.6 is 11.6 Å². The van der Waals surface area contributed by atoms with Gasteiger partial charge in [-0.1, -0.05) is 101 Å². The van der Waals surface area contributed by atoms with E-state index in [-0.39, 0.29) is 11.8 Å². The molecule has 2 aliphatic carbocycles. The van der Waals surface area contributed by atoms with Crippen LogP contribution in [0.2, 0.25) is 5.02 Å². The van der Waals surface area contributed by atoms with E-state index in [0.29, 0.717) is 23.4 Å². The number of hydrogen-bond donors (Lipinski definition) is 1. The van der Waals surface area contributed by atoms with Crippen molar-refractivity contribution in [1.82, 2.24) is 14.9 Å². The largest absolute Gasteiger partial charge is 0.351 e. The van der Waals surface area contributed by atoms with Crippen molar-refractivity contribution >= 4 is 28.5 Å². The summed E-state index contributed by atoms with van der Waals surface area (Å²) in [6.45, 7) is 8.24. The summed E-state index contributed by atoms with van der Waals surface area (Å²) in [7, 11) is 0. The molecule has 1 N–H and O–H groups in total. The van der Waals surface area contributed by atoms with Crippen LogP contribution in [0.25, 0.3) is 11.0 Å². The Labute approximate surface area is 275 Å². The summed E-state index contributed by atoms with van der Waals surface area (Å²) in [5, 5.41) is 5.41. The average molecular weight is 624 g/mol. The number of aromatic nitrogens is 2. The van der Waals surface area contributed by atoms with E-state index >= 15 is 0 Å². The van der Waals surface area contributed by atoms with Crippen LogP contribution in [0.3, 0.4) is 0 Å². The molecule has 45 heavy (non-hydrogen) atoms. The van der Waals surface area contributed by atoms with Gasteiger partial charge in [-0.2, -0.15) is 0 Å². The lowest BCUT2D eigenvalue weighted by Crippen LogP contribution is -2.33. The van der Waals surface area contributed by atoms with Gasteiger partial charge in [0.05, 0.1) is 5.92 Å². The quantitative estimate of drug-likeness (QED) is 0.179. The summed E-state index contributed by atoms with van der Waals surface area (Å²) in [5.74, 6) is 0.860. The smallest absolute Gasteiger partial charge is 0.228 e. The molecular formula is C40H50ClN3O. The van der Waals surface area contributed by atoms with Crippen LogP contribution in [0.5, 0.6) is 0 Å². The third-order valence-electron chi connectivity index (χ3n) is 10.2. The minimum absolute atomic E-state index is 0.128. The van der Waals surface area contributed by atoms with Gasteiger partial charge in [0.1, 0.15) is 5.65 Å². The van der Waals surface area contributed by atoms with Crippen LogP contribution in [0.1, 0.15) is 130 Å². The van der Waals surface area contributed by atoms with E-state index in [1.807, 2.05) is 24.3 Å². The number of nitrogens with zero attached hydrogens (tertiary/aromatic N) is 2. The fourth-order valence-corrected chi connectivity index (χ4v) is 8.03. The predicted molar refractivity (Wildman–Crippen MR) is 187 cm³/mol. The molecule has 2 aliphatic rings. The first-order valence-corrected chi connectivity index (χ1v) is 18.0. The second-order valence-electron chi connectivity index (χ2n) is 13.8. The van der Waals surface area contributed by atoms with Gasteiger partial charge in [0, 0.05) is 34.9 Å². The van der Waals surface area contributed by atoms with Crippen molar-refractivity contribution in [3.05, 3.63) is 98.8 Å². The summed E-state index contributed by atoms with van der Waals surface area (Å²) in [6, 6.07) is 19.2. The third-order valence-corrected chi connectivity index (χ3v) is 10.5. The Balaban J connectivity index is 1.30. The molecule has 1 atom stereocenters. The number of rotatable bonds is 10. The Hall–Kier alpha value is -3.11. The standard InChI is InChI=1S/C40H50ClN3O/c1-4-11-33-24-35(27(2)3)38-34-14-9-10-15-36(34)44(39(38)43-33)26-29-16-20-31(21-17-29)37(30-12-7-5-6-8-13-30)40(45)42-25-28-18-22-32(41)23-19-28/h16-24,27,30,37H,4-15,25-26H2,1-3H3,(H,42,45). The molecule has 1 amide bonds. The zero-order chi connectivity index (χ0) is 31.3. The highest BCUT2D eigenvalue weighted by Gasteiger charge is 2.31. The number of aryl methyl sites for hydroxylation is 2. The van der Waals surface area contributed by atoms with Crippen molar-refractivity contribution in [3.8, 4) is 0 Å². The molecule has 6 rings (SSSR count). The third kappa shape index (κ3) is 7.17. The molecule has 0 saturated heterocycles. The maximum atomic E-state index is 13.9. The summed E-state index contributed by atoms with van der Waals surface area (Å²) in [4.78, 5) is 19.2. The van der Waals surface area contributed by atoms with Gasteiger partial charge in [-0.25, -0.2) is 4.98 Å². The lowest BCUT2D eigenvalue weighted by molar-refractivity contribution is -0.124. The highest BCUT2D eigenvalue weighted by Crippen LogP contribution is 2.38. The van der Waals surface area contributed by atoms with Gasteiger partial charge >= 0.3 is 0 Å². The normalized spacial score (nSPS) is 16.5. The van der Waals surface area contributed by atoms with Crippen molar-refractivity contribution in [2.24, 2.45) is 5.92 Å². The van der Waals surface area contributed by atoms with Crippen LogP contribution in [0, 0.1) is 5.92 Å². The Kier molecular flexibility index (Phi) is 10.3. The van der Waals surface area contributed by atoms with Crippen molar-refractivity contribution in [2.45, 2.75) is 123 Å². The van der Waals surface area contributed by atoms with Gasteiger partial charge in [0.15, 0.2) is 0 Å². The first-order valence-electron chi connectivity index (χ1n) is 17.6. The van der Waals surface area contributed by atoms with E-state index in [4.69, 9.17) is 16.6 Å². The predicted octanol–water partition coefficient (Wildman–Crippen LogP) is 10.1. The molecule has 5 heteroatoms. The Bertz CT molecular complexity index is 1590. The SMILES string of the molecule is CCCc1cc(C(C)C)c2c3c(n(Cc4ccc(C(C(=O)NCc5ccc(Cl)cc5)C5CCCCCC5)cc4)c2n1)CCCC3. The molecular weight excluding hydrogens is 574 g/mol. The lowest BCUT2D eigenvalue weighted by atomic mass is 9.80. The molecule has 1 unspecified atom stereocenters. The molecule has 1 fully saturated rings. The van der Waals surface area contributed by atoms with E-state index in [2.05, 4.69) is 61.0 Å². The number of carbonyl (C=O) groups excluding carboxylic acids is 1. The summed E-state index contributed by atoms with van der Waals surface area (Å²) in [6.07, 6.45) is 14.1. The van der Waals surface area contributed by atoms with Crippen LogP contribution < -0.4 is 5.32 Å². The first kappa shape index (κ1) is 31.9. The van der Waals surface area contributed by atoms with Gasteiger partial charge in [-0.3, -0.25) is 4.79 Å². The average Bonchev–Trinajstić information content (AvgIpc) is 3.17. The van der Waals surface area contributed by atoms with E-state index < -0.39 is 0 Å². The van der Waals surface area contributed by atoms with Gasteiger partial charge in [-0.15, -0.1) is 0 Å². The van der Waals surface area contributed by atoms with Gasteiger partial charge < -0.3 is 9.88 Å². The van der Waals surface area contributed by atoms with Crippen LogP contribution in [0.4, 0.5) is 0 Å². The maximum Gasteiger partial charge on any atom is 0.228 e. The molecule has 2 heterocycles. The highest BCUT2D eigenvalue weighted by molar-refractivity contribution is 6.30. The van der Waals surface area contributed by atoms with Gasteiger partial charge in [0.2, 0.25) is 5.91 Å². The number of carbonyl (C=O) groups is 1. The zero-order valence-electron chi connectivity index (χ0n) is 27.5. The fraction of sp³-hybridized carbons (Fsp3) is 0.500. The summed E-state index contributed by atoms with van der Waals surface area (Å²) < 4.78 is 2.53. The fourth-order valence-electron chi connectivity index (χ4n) is 7.90. The van der Waals surface area contributed by atoms with E-state index in [0.717, 1.165) is 56.2 Å². The zero-order valence-corrected chi connectivity index (χ0v) is 28.3. The highest BCUT2D eigenvalue weighted by atomic mass is 35.5. The minimum atomic E-state index is -0.128. The lowest BCUT2D eigenvalue weighted by Gasteiger charge is -2.26. The monoisotopic (exact) mass is 623 g/mol.